The zero-order chi connectivity index (χ0) is 23.0. The van der Waals surface area contributed by atoms with Gasteiger partial charge in [-0.05, 0) is 37.3 Å². The molecule has 0 fully saturated rings. The van der Waals surface area contributed by atoms with E-state index in [0.29, 0.717) is 48.5 Å². The van der Waals surface area contributed by atoms with Crippen LogP contribution in [0.4, 0.5) is 20.3 Å². The number of amides is 1. The second-order valence-corrected chi connectivity index (χ2v) is 7.34. The molecule has 0 unspecified atom stereocenters. The van der Waals surface area contributed by atoms with Gasteiger partial charge in [-0.3, -0.25) is 9.48 Å². The number of fused-ring (bicyclic) bond motifs is 2. The number of likely N-dealkylation sites (N-methyl/N-ethyl adjacent to an activating group) is 1. The molecule has 0 bridgehead atoms. The third-order valence-corrected chi connectivity index (χ3v) is 4.96. The van der Waals surface area contributed by atoms with Crippen molar-refractivity contribution in [1.82, 2.24) is 15.1 Å². The molecule has 2 aromatic carbocycles. The average molecular weight is 458 g/mol. The van der Waals surface area contributed by atoms with Gasteiger partial charge in [-0.15, -0.1) is 8.78 Å². The van der Waals surface area contributed by atoms with Crippen molar-refractivity contribution < 1.29 is 32.5 Å². The van der Waals surface area contributed by atoms with Crippen LogP contribution in [0.1, 0.15) is 6.92 Å². The van der Waals surface area contributed by atoms with Crippen LogP contribution in [0.3, 0.4) is 0 Å². The van der Waals surface area contributed by atoms with Crippen LogP contribution < -0.4 is 29.6 Å². The summed E-state index contributed by atoms with van der Waals surface area (Å²) < 4.78 is 48.3. The first-order chi connectivity index (χ1) is 15.9. The number of benzene rings is 2. The van der Waals surface area contributed by atoms with Crippen LogP contribution in [0.25, 0.3) is 11.3 Å². The molecule has 2 aliphatic heterocycles. The van der Waals surface area contributed by atoms with E-state index in [-0.39, 0.29) is 24.0 Å². The molecule has 0 aliphatic carbocycles. The monoisotopic (exact) mass is 458 g/mol. The second kappa shape index (κ2) is 8.15. The number of ether oxygens (including phenoxy) is 4. The van der Waals surface area contributed by atoms with Crippen LogP contribution in [0.15, 0.2) is 42.5 Å². The molecule has 0 saturated carbocycles. The fraction of sp³-hybridized carbons (Fsp3) is 0.273. The number of aromatic nitrogens is 2. The van der Waals surface area contributed by atoms with Gasteiger partial charge in [0.2, 0.25) is 5.91 Å². The van der Waals surface area contributed by atoms with Crippen molar-refractivity contribution in [1.29, 1.82) is 0 Å². The molecule has 3 heterocycles. The van der Waals surface area contributed by atoms with E-state index >= 15 is 0 Å². The maximum absolute atomic E-state index is 13.3. The Kier molecular flexibility index (Phi) is 5.15. The van der Waals surface area contributed by atoms with Crippen LogP contribution >= 0.6 is 0 Å². The Labute approximate surface area is 187 Å². The molecule has 9 nitrogen and oxygen atoms in total. The largest absolute Gasteiger partial charge is 0.586 e. The molecule has 0 radical (unpaired) electrons. The highest BCUT2D eigenvalue weighted by atomic mass is 19.3. The summed E-state index contributed by atoms with van der Waals surface area (Å²) in [6.07, 6.45) is -3.69. The molecule has 1 aromatic heterocycles. The summed E-state index contributed by atoms with van der Waals surface area (Å²) in [4.78, 5) is 12.2. The van der Waals surface area contributed by atoms with E-state index in [4.69, 9.17) is 9.47 Å². The maximum Gasteiger partial charge on any atom is 0.586 e. The molecule has 11 heteroatoms. The molecular weight excluding hydrogens is 438 g/mol. The molecule has 1 amide bonds. The minimum atomic E-state index is -3.69. The van der Waals surface area contributed by atoms with Crippen LogP contribution in [0.5, 0.6) is 23.0 Å². The quantitative estimate of drug-likeness (QED) is 0.584. The Morgan fingerprint density at radius 2 is 1.79 bits per heavy atom. The van der Waals surface area contributed by atoms with Crippen molar-refractivity contribution in [3.05, 3.63) is 42.5 Å². The summed E-state index contributed by atoms with van der Waals surface area (Å²) >= 11 is 0. The van der Waals surface area contributed by atoms with Gasteiger partial charge in [-0.2, -0.15) is 5.10 Å². The number of alkyl halides is 2. The lowest BCUT2D eigenvalue weighted by Crippen LogP contribution is -2.27. The molecule has 5 rings (SSSR count). The van der Waals surface area contributed by atoms with Crippen LogP contribution in [-0.4, -0.2) is 41.7 Å². The average Bonchev–Trinajstić information content (AvgIpc) is 3.31. The fourth-order valence-corrected chi connectivity index (χ4v) is 3.60. The van der Waals surface area contributed by atoms with Gasteiger partial charge in [0.25, 0.3) is 0 Å². The molecule has 0 spiro atoms. The van der Waals surface area contributed by atoms with Crippen molar-refractivity contribution in [2.24, 2.45) is 0 Å². The van der Waals surface area contributed by atoms with E-state index < -0.39 is 6.29 Å². The second-order valence-electron chi connectivity index (χ2n) is 7.34. The normalized spacial score (nSPS) is 15.2. The fourth-order valence-electron chi connectivity index (χ4n) is 3.60. The SMILES string of the molecule is CCNC(=O)Cn1nc(Nc2ccc3c(c2)OC(F)(F)O3)cc1-c1ccc2c(c1)OCCO2. The lowest BCUT2D eigenvalue weighted by atomic mass is 10.1. The standard InChI is InChI=1S/C22H20F2N4O5/c1-2-25-21(29)12-28-15(13-3-5-16-18(9-13)31-8-7-30-16)11-20(27-28)26-14-4-6-17-19(10-14)33-22(23,24)32-17/h3-6,9-11H,2,7-8,12H2,1H3,(H,25,29)(H,26,27). The van der Waals surface area contributed by atoms with E-state index in [2.05, 4.69) is 25.2 Å². The van der Waals surface area contributed by atoms with Gasteiger partial charge < -0.3 is 29.6 Å². The van der Waals surface area contributed by atoms with E-state index in [1.54, 1.807) is 22.9 Å². The summed E-state index contributed by atoms with van der Waals surface area (Å²) in [5.41, 5.74) is 1.90. The van der Waals surface area contributed by atoms with Crippen molar-refractivity contribution in [3.8, 4) is 34.3 Å². The molecule has 0 saturated heterocycles. The third kappa shape index (κ3) is 4.34. The molecular formula is C22H20F2N4O5. The summed E-state index contributed by atoms with van der Waals surface area (Å²) in [6, 6.07) is 11.6. The lowest BCUT2D eigenvalue weighted by molar-refractivity contribution is -0.286. The van der Waals surface area contributed by atoms with Gasteiger partial charge in [0.1, 0.15) is 19.8 Å². The van der Waals surface area contributed by atoms with Crippen molar-refractivity contribution in [3.63, 3.8) is 0 Å². The summed E-state index contributed by atoms with van der Waals surface area (Å²) in [5.74, 6) is 1.33. The summed E-state index contributed by atoms with van der Waals surface area (Å²) in [7, 11) is 0. The number of nitrogens with zero attached hydrogens (tertiary/aromatic N) is 2. The predicted octanol–water partition coefficient (Wildman–Crippen LogP) is 3.52. The van der Waals surface area contributed by atoms with Gasteiger partial charge in [0.15, 0.2) is 28.8 Å². The smallest absolute Gasteiger partial charge is 0.486 e. The number of hydrogen-bond acceptors (Lipinski definition) is 7. The van der Waals surface area contributed by atoms with Gasteiger partial charge >= 0.3 is 6.29 Å². The van der Waals surface area contributed by atoms with Crippen LogP contribution in [0.2, 0.25) is 0 Å². The molecule has 0 atom stereocenters. The minimum absolute atomic E-state index is 0.00729. The van der Waals surface area contributed by atoms with Crippen molar-refractivity contribution >= 4 is 17.4 Å². The first-order valence-corrected chi connectivity index (χ1v) is 10.3. The topological polar surface area (TPSA) is 95.9 Å². The number of hydrogen-bond donors (Lipinski definition) is 2. The van der Waals surface area contributed by atoms with E-state index in [0.717, 1.165) is 5.56 Å². The van der Waals surface area contributed by atoms with Crippen LogP contribution in [-0.2, 0) is 11.3 Å². The van der Waals surface area contributed by atoms with E-state index in [1.807, 2.05) is 19.1 Å². The Bertz CT molecular complexity index is 1210. The number of rotatable bonds is 6. The van der Waals surface area contributed by atoms with Crippen LogP contribution in [0, 0.1) is 0 Å². The molecule has 33 heavy (non-hydrogen) atoms. The number of halogens is 2. The van der Waals surface area contributed by atoms with Crippen molar-refractivity contribution in [2.45, 2.75) is 19.8 Å². The highest BCUT2D eigenvalue weighted by Gasteiger charge is 2.43. The Balaban J connectivity index is 1.45. The van der Waals surface area contributed by atoms with Gasteiger partial charge in [-0.1, -0.05) is 0 Å². The zero-order valence-electron chi connectivity index (χ0n) is 17.6. The Hall–Kier alpha value is -4.02. The number of nitrogens with one attached hydrogen (secondary N) is 2. The first-order valence-electron chi connectivity index (χ1n) is 10.3. The zero-order valence-corrected chi connectivity index (χ0v) is 17.6. The first kappa shape index (κ1) is 20.9. The predicted molar refractivity (Wildman–Crippen MR) is 113 cm³/mol. The van der Waals surface area contributed by atoms with E-state index in [1.165, 1.54) is 12.1 Å². The van der Waals surface area contributed by atoms with E-state index in [9.17, 15) is 13.6 Å². The highest BCUT2D eigenvalue weighted by molar-refractivity contribution is 5.77. The van der Waals surface area contributed by atoms with Gasteiger partial charge in [0, 0.05) is 29.9 Å². The van der Waals surface area contributed by atoms with Gasteiger partial charge in [0.05, 0.1) is 5.69 Å². The summed E-state index contributed by atoms with van der Waals surface area (Å²) in [5, 5.41) is 10.3. The Morgan fingerprint density at radius 1 is 1.03 bits per heavy atom. The Morgan fingerprint density at radius 3 is 2.61 bits per heavy atom. The maximum atomic E-state index is 13.3. The number of carbonyl (C=O) groups excluding carboxylic acids is 1. The third-order valence-electron chi connectivity index (χ3n) is 4.96. The number of anilines is 2. The minimum Gasteiger partial charge on any atom is -0.486 e. The molecule has 2 N–H and O–H groups in total. The number of carbonyl (C=O) groups is 1. The molecule has 2 aliphatic rings. The molecule has 3 aromatic rings. The van der Waals surface area contributed by atoms with Gasteiger partial charge in [-0.25, -0.2) is 0 Å². The lowest BCUT2D eigenvalue weighted by Gasteiger charge is -2.19. The summed E-state index contributed by atoms with van der Waals surface area (Å²) in [6.45, 7) is 3.25. The molecule has 172 valence electrons. The highest BCUT2D eigenvalue weighted by Crippen LogP contribution is 2.42. The van der Waals surface area contributed by atoms with Crippen molar-refractivity contribution in [2.75, 3.05) is 25.1 Å².